The lowest BCUT2D eigenvalue weighted by Gasteiger charge is -2.57. The number of fused-ring (bicyclic) bond motifs is 2. The molecular formula is C22H23NO4S. The molecule has 3 heterocycles. The van der Waals surface area contributed by atoms with Gasteiger partial charge < -0.3 is 9.84 Å². The molecule has 2 atom stereocenters. The summed E-state index contributed by atoms with van der Waals surface area (Å²) in [6.45, 7) is 9.01. The van der Waals surface area contributed by atoms with Crippen molar-refractivity contribution in [2.75, 3.05) is 6.61 Å². The maximum Gasteiger partial charge on any atom is 0.261 e. The summed E-state index contributed by atoms with van der Waals surface area (Å²) in [5.74, 6) is -0.675. The molecular weight excluding hydrogens is 374 g/mol. The average molecular weight is 397 g/mol. The number of aromatic hydroxyl groups is 1. The maximum atomic E-state index is 10.8. The van der Waals surface area contributed by atoms with E-state index in [1.54, 1.807) is 17.4 Å². The molecule has 0 aliphatic carbocycles. The Morgan fingerprint density at radius 2 is 1.89 bits per heavy atom. The van der Waals surface area contributed by atoms with E-state index >= 15 is 0 Å². The Kier molecular flexibility index (Phi) is 3.72. The summed E-state index contributed by atoms with van der Waals surface area (Å²) in [5.41, 5.74) is 1.57. The van der Waals surface area contributed by atoms with Crippen LogP contribution in [0.25, 0.3) is 20.8 Å². The average Bonchev–Trinajstić information content (AvgIpc) is 3.10. The van der Waals surface area contributed by atoms with Gasteiger partial charge in [-0.2, -0.15) is 4.89 Å². The van der Waals surface area contributed by atoms with E-state index < -0.39 is 11.4 Å². The van der Waals surface area contributed by atoms with Crippen molar-refractivity contribution < 1.29 is 19.6 Å². The van der Waals surface area contributed by atoms with Crippen LogP contribution in [-0.4, -0.2) is 22.3 Å². The van der Waals surface area contributed by atoms with E-state index in [-0.39, 0.29) is 17.1 Å². The molecule has 3 aromatic rings. The standard InChI is InChI=1S/C22H23NO4S/c1-13(2)21-20(3,4)12-25-22(21,27-26-21)14-9-10-15(17(24)11-14)19-23-16-7-5-6-8-18(16)28-19/h5-11,13,24H,12H2,1-4H3/t21-,22-/m0/s1. The van der Waals surface area contributed by atoms with Crippen LogP contribution in [0.5, 0.6) is 5.75 Å². The fourth-order valence-corrected chi connectivity index (χ4v) is 5.79. The van der Waals surface area contributed by atoms with Gasteiger partial charge in [0.05, 0.1) is 22.4 Å². The van der Waals surface area contributed by atoms with Crippen LogP contribution >= 0.6 is 11.3 Å². The number of hydrogen-bond donors (Lipinski definition) is 1. The van der Waals surface area contributed by atoms with Gasteiger partial charge in [-0.15, -0.1) is 11.3 Å². The highest BCUT2D eigenvalue weighted by molar-refractivity contribution is 7.21. The maximum absolute atomic E-state index is 10.8. The van der Waals surface area contributed by atoms with E-state index in [0.29, 0.717) is 12.2 Å². The van der Waals surface area contributed by atoms with Crippen molar-refractivity contribution in [2.45, 2.75) is 39.1 Å². The number of thiazole rings is 1. The minimum Gasteiger partial charge on any atom is -0.507 e. The molecule has 0 amide bonds. The molecule has 0 unspecified atom stereocenters. The van der Waals surface area contributed by atoms with Gasteiger partial charge in [0.2, 0.25) is 0 Å². The molecule has 2 fully saturated rings. The molecule has 0 spiro atoms. The molecule has 1 aromatic heterocycles. The fourth-order valence-electron chi connectivity index (χ4n) is 4.79. The Hall–Kier alpha value is -1.99. The number of phenolic OH excluding ortho intramolecular Hbond substituents is 1. The van der Waals surface area contributed by atoms with E-state index in [2.05, 4.69) is 32.7 Å². The smallest absolute Gasteiger partial charge is 0.261 e. The van der Waals surface area contributed by atoms with E-state index in [4.69, 9.17) is 14.5 Å². The number of ether oxygens (including phenoxy) is 1. The molecule has 6 heteroatoms. The highest BCUT2D eigenvalue weighted by Gasteiger charge is 2.78. The lowest BCUT2D eigenvalue weighted by Crippen LogP contribution is -2.69. The molecule has 2 saturated heterocycles. The second-order valence-electron chi connectivity index (χ2n) is 8.56. The first-order valence-electron chi connectivity index (χ1n) is 9.51. The third-order valence-electron chi connectivity index (χ3n) is 6.14. The second-order valence-corrected chi connectivity index (χ2v) is 9.60. The molecule has 1 N–H and O–H groups in total. The van der Waals surface area contributed by atoms with E-state index in [1.165, 1.54) is 0 Å². The number of hydrogen-bond acceptors (Lipinski definition) is 6. The normalized spacial score (nSPS) is 28.5. The van der Waals surface area contributed by atoms with Crippen LogP contribution in [0.15, 0.2) is 42.5 Å². The van der Waals surface area contributed by atoms with Crippen molar-refractivity contribution in [3.8, 4) is 16.3 Å². The zero-order valence-corrected chi connectivity index (χ0v) is 17.2. The summed E-state index contributed by atoms with van der Waals surface area (Å²) in [4.78, 5) is 16.0. The molecule has 0 saturated carbocycles. The van der Waals surface area contributed by atoms with Crippen molar-refractivity contribution >= 4 is 21.6 Å². The topological polar surface area (TPSA) is 60.8 Å². The Labute approximate surface area is 167 Å². The van der Waals surface area contributed by atoms with Gasteiger partial charge in [0.25, 0.3) is 5.79 Å². The molecule has 0 bridgehead atoms. The zero-order chi connectivity index (χ0) is 19.7. The number of rotatable bonds is 3. The minimum atomic E-state index is -1.01. The Bertz CT molecular complexity index is 1040. The highest BCUT2D eigenvalue weighted by Crippen LogP contribution is 2.66. The molecule has 146 valence electrons. The van der Waals surface area contributed by atoms with Gasteiger partial charge in [0, 0.05) is 11.0 Å². The van der Waals surface area contributed by atoms with Gasteiger partial charge in [-0.25, -0.2) is 9.87 Å². The van der Waals surface area contributed by atoms with Gasteiger partial charge >= 0.3 is 0 Å². The van der Waals surface area contributed by atoms with Crippen LogP contribution in [0.4, 0.5) is 0 Å². The highest BCUT2D eigenvalue weighted by atomic mass is 32.1. The second kappa shape index (κ2) is 5.76. The molecule has 28 heavy (non-hydrogen) atoms. The quantitative estimate of drug-likeness (QED) is 0.613. The van der Waals surface area contributed by atoms with E-state index in [0.717, 1.165) is 20.8 Å². The lowest BCUT2D eigenvalue weighted by molar-refractivity contribution is -0.618. The Morgan fingerprint density at radius 1 is 1.11 bits per heavy atom. The minimum absolute atomic E-state index is 0.160. The Balaban J connectivity index is 1.59. The monoisotopic (exact) mass is 397 g/mol. The van der Waals surface area contributed by atoms with Crippen LogP contribution in [0.2, 0.25) is 0 Å². The summed E-state index contributed by atoms with van der Waals surface area (Å²) < 4.78 is 7.28. The third kappa shape index (κ3) is 2.09. The van der Waals surface area contributed by atoms with Crippen LogP contribution in [0.3, 0.4) is 0 Å². The number of para-hydroxylation sites is 1. The first-order valence-corrected chi connectivity index (χ1v) is 10.3. The number of aromatic nitrogens is 1. The lowest BCUT2D eigenvalue weighted by atomic mass is 9.64. The van der Waals surface area contributed by atoms with Crippen molar-refractivity contribution in [3.63, 3.8) is 0 Å². The summed E-state index contributed by atoms with van der Waals surface area (Å²) in [6.07, 6.45) is 0. The van der Waals surface area contributed by atoms with Gasteiger partial charge in [-0.3, -0.25) is 0 Å². The molecule has 5 nitrogen and oxygen atoms in total. The van der Waals surface area contributed by atoms with Gasteiger partial charge in [-0.05, 0) is 30.2 Å². The van der Waals surface area contributed by atoms with Crippen LogP contribution in [0.1, 0.15) is 33.3 Å². The predicted molar refractivity (Wildman–Crippen MR) is 108 cm³/mol. The summed E-state index contributed by atoms with van der Waals surface area (Å²) in [6, 6.07) is 13.5. The molecule has 5 rings (SSSR count). The summed E-state index contributed by atoms with van der Waals surface area (Å²) in [5, 5.41) is 11.6. The number of benzene rings is 2. The molecule has 0 radical (unpaired) electrons. The third-order valence-corrected chi connectivity index (χ3v) is 7.21. The fraction of sp³-hybridized carbons (Fsp3) is 0.409. The first kappa shape index (κ1) is 18.1. The van der Waals surface area contributed by atoms with Crippen LogP contribution < -0.4 is 0 Å². The van der Waals surface area contributed by atoms with Gasteiger partial charge in [-0.1, -0.05) is 45.9 Å². The summed E-state index contributed by atoms with van der Waals surface area (Å²) in [7, 11) is 0. The van der Waals surface area contributed by atoms with Gasteiger partial charge in [0.1, 0.15) is 10.8 Å². The SMILES string of the molecule is CC(C)[C@@]12OO[C@]1(c1ccc(-c3nc4ccccc4s3)c(O)c1)OCC2(C)C. The van der Waals surface area contributed by atoms with Crippen molar-refractivity contribution in [3.05, 3.63) is 48.0 Å². The molecule has 2 aliphatic heterocycles. The van der Waals surface area contributed by atoms with Crippen LogP contribution in [-0.2, 0) is 20.3 Å². The first-order chi connectivity index (χ1) is 13.3. The summed E-state index contributed by atoms with van der Waals surface area (Å²) >= 11 is 1.56. The van der Waals surface area contributed by atoms with Crippen molar-refractivity contribution in [1.82, 2.24) is 4.98 Å². The Morgan fingerprint density at radius 3 is 2.54 bits per heavy atom. The molecule has 2 aliphatic rings. The van der Waals surface area contributed by atoms with E-state index in [9.17, 15) is 5.11 Å². The van der Waals surface area contributed by atoms with Crippen molar-refractivity contribution in [2.24, 2.45) is 11.3 Å². The van der Waals surface area contributed by atoms with E-state index in [1.807, 2.05) is 36.4 Å². The number of phenols is 1. The van der Waals surface area contributed by atoms with Crippen LogP contribution in [0, 0.1) is 11.3 Å². The zero-order valence-electron chi connectivity index (χ0n) is 16.4. The van der Waals surface area contributed by atoms with Crippen molar-refractivity contribution in [1.29, 1.82) is 0 Å². The predicted octanol–water partition coefficient (Wildman–Crippen LogP) is 5.23. The number of nitrogens with zero attached hydrogens (tertiary/aromatic N) is 1. The molecule has 2 aromatic carbocycles. The largest absolute Gasteiger partial charge is 0.507 e. The van der Waals surface area contributed by atoms with Gasteiger partial charge in [0.15, 0.2) is 5.60 Å².